The quantitative estimate of drug-likeness (QED) is 0.869. The van der Waals surface area contributed by atoms with Crippen molar-refractivity contribution < 1.29 is 4.39 Å². The molecular weight excluding hydrogens is 300 g/mol. The van der Waals surface area contributed by atoms with Crippen molar-refractivity contribution in [2.75, 3.05) is 13.1 Å². The second kappa shape index (κ2) is 4.78. The Morgan fingerprint density at radius 2 is 2.10 bits per heavy atom. The van der Waals surface area contributed by atoms with Crippen molar-refractivity contribution >= 4 is 29.2 Å². The fourth-order valence-electron chi connectivity index (χ4n) is 2.68. The van der Waals surface area contributed by atoms with Crippen LogP contribution in [0.1, 0.15) is 25.3 Å². The lowest BCUT2D eigenvalue weighted by Crippen LogP contribution is -2.48. The molecule has 108 valence electrons. The monoisotopic (exact) mass is 315 g/mol. The average molecular weight is 316 g/mol. The number of nitrogens with zero attached hydrogens (tertiary/aromatic N) is 2. The molecule has 1 unspecified atom stereocenters. The van der Waals surface area contributed by atoms with Crippen molar-refractivity contribution in [2.45, 2.75) is 25.3 Å². The first-order valence-corrected chi connectivity index (χ1v) is 7.40. The van der Waals surface area contributed by atoms with Gasteiger partial charge in [0.15, 0.2) is 5.96 Å². The van der Waals surface area contributed by atoms with Crippen LogP contribution in [-0.2, 0) is 5.54 Å². The summed E-state index contributed by atoms with van der Waals surface area (Å²) in [6, 6.07) is 2.85. The smallest absolute Gasteiger partial charge is 0.192 e. The minimum atomic E-state index is -0.505. The maximum absolute atomic E-state index is 13.8. The van der Waals surface area contributed by atoms with E-state index in [1.54, 1.807) is 0 Å². The molecule has 2 aliphatic rings. The lowest BCUT2D eigenvalue weighted by atomic mass is 9.90. The summed E-state index contributed by atoms with van der Waals surface area (Å²) in [7, 11) is 0. The van der Waals surface area contributed by atoms with Crippen LogP contribution >= 0.6 is 23.2 Å². The van der Waals surface area contributed by atoms with Crippen molar-refractivity contribution in [3.05, 3.63) is 33.6 Å². The molecule has 1 atom stereocenters. The summed E-state index contributed by atoms with van der Waals surface area (Å²) in [5.41, 5.74) is 6.18. The van der Waals surface area contributed by atoms with Crippen molar-refractivity contribution in [2.24, 2.45) is 16.6 Å². The van der Waals surface area contributed by atoms with Crippen LogP contribution in [0.2, 0.25) is 10.0 Å². The van der Waals surface area contributed by atoms with Crippen LogP contribution in [0.5, 0.6) is 0 Å². The molecule has 6 heteroatoms. The Labute approximate surface area is 127 Å². The number of nitrogens with two attached hydrogens (primary N) is 1. The standard InChI is InChI=1S/C14H16Cl2FN3/c1-14(9-4-12(17)11(16)5-10(9)15)7-19-13(18)20(14)6-8-2-3-8/h4-5,8H,2-3,6-7H2,1H3,(H2,18,19). The first kappa shape index (κ1) is 14.0. The van der Waals surface area contributed by atoms with E-state index in [9.17, 15) is 4.39 Å². The summed E-state index contributed by atoms with van der Waals surface area (Å²) >= 11 is 12.0. The molecule has 0 spiro atoms. The topological polar surface area (TPSA) is 41.6 Å². The van der Waals surface area contributed by atoms with E-state index in [0.29, 0.717) is 29.0 Å². The maximum Gasteiger partial charge on any atom is 0.192 e. The lowest BCUT2D eigenvalue weighted by Gasteiger charge is -2.37. The summed E-state index contributed by atoms with van der Waals surface area (Å²) < 4.78 is 13.8. The number of rotatable bonds is 3. The summed E-state index contributed by atoms with van der Waals surface area (Å²) in [5, 5.41) is 0.479. The molecule has 0 saturated heterocycles. The first-order chi connectivity index (χ1) is 9.41. The van der Waals surface area contributed by atoms with Gasteiger partial charge in [-0.05, 0) is 37.8 Å². The molecule has 1 heterocycles. The number of hydrogen-bond acceptors (Lipinski definition) is 3. The number of aliphatic imine (C=N–C) groups is 1. The molecule has 0 bridgehead atoms. The third-order valence-corrected chi connectivity index (χ3v) is 4.75. The van der Waals surface area contributed by atoms with E-state index in [1.165, 1.54) is 25.0 Å². The van der Waals surface area contributed by atoms with Crippen LogP contribution in [0.4, 0.5) is 4.39 Å². The molecule has 0 aromatic heterocycles. The van der Waals surface area contributed by atoms with Gasteiger partial charge in [0.05, 0.1) is 17.1 Å². The highest BCUT2D eigenvalue weighted by atomic mass is 35.5. The van der Waals surface area contributed by atoms with Gasteiger partial charge in [-0.25, -0.2) is 4.39 Å². The summed E-state index contributed by atoms with van der Waals surface area (Å²) in [4.78, 5) is 6.37. The molecular formula is C14H16Cl2FN3. The zero-order valence-corrected chi connectivity index (χ0v) is 12.7. The van der Waals surface area contributed by atoms with Gasteiger partial charge in [0.1, 0.15) is 5.82 Å². The van der Waals surface area contributed by atoms with E-state index in [-0.39, 0.29) is 5.02 Å². The van der Waals surface area contributed by atoms with Crippen LogP contribution in [0.15, 0.2) is 17.1 Å². The van der Waals surface area contributed by atoms with Gasteiger partial charge in [0.2, 0.25) is 0 Å². The van der Waals surface area contributed by atoms with Gasteiger partial charge in [-0.3, -0.25) is 4.99 Å². The number of guanidine groups is 1. The molecule has 3 nitrogen and oxygen atoms in total. The number of halogens is 3. The predicted octanol–water partition coefficient (Wildman–Crippen LogP) is 3.39. The van der Waals surface area contributed by atoms with Crippen molar-refractivity contribution in [1.82, 2.24) is 4.90 Å². The third kappa shape index (κ3) is 2.25. The minimum Gasteiger partial charge on any atom is -0.370 e. The van der Waals surface area contributed by atoms with E-state index in [1.807, 2.05) is 11.8 Å². The highest BCUT2D eigenvalue weighted by Crippen LogP contribution is 2.41. The molecule has 3 rings (SSSR count). The molecule has 1 aliphatic carbocycles. The highest BCUT2D eigenvalue weighted by Gasteiger charge is 2.43. The Morgan fingerprint density at radius 1 is 1.40 bits per heavy atom. The largest absolute Gasteiger partial charge is 0.370 e. The van der Waals surface area contributed by atoms with Gasteiger partial charge < -0.3 is 10.6 Å². The lowest BCUT2D eigenvalue weighted by molar-refractivity contribution is 0.216. The van der Waals surface area contributed by atoms with Crippen LogP contribution in [0.3, 0.4) is 0 Å². The molecule has 0 amide bonds. The average Bonchev–Trinajstić information content (AvgIpc) is 3.16. The predicted molar refractivity (Wildman–Crippen MR) is 79.7 cm³/mol. The molecule has 1 saturated carbocycles. The molecule has 1 aromatic carbocycles. The third-order valence-electron chi connectivity index (χ3n) is 4.15. The Morgan fingerprint density at radius 3 is 2.75 bits per heavy atom. The summed E-state index contributed by atoms with van der Waals surface area (Å²) in [6.07, 6.45) is 2.42. The Balaban J connectivity index is 2.00. The normalized spacial score (nSPS) is 26.0. The van der Waals surface area contributed by atoms with Gasteiger partial charge in [-0.15, -0.1) is 0 Å². The summed E-state index contributed by atoms with van der Waals surface area (Å²) in [6.45, 7) is 3.31. The molecule has 20 heavy (non-hydrogen) atoms. The minimum absolute atomic E-state index is 0.0305. The number of benzene rings is 1. The van der Waals surface area contributed by atoms with Gasteiger partial charge in [0.25, 0.3) is 0 Å². The Bertz CT molecular complexity index is 586. The van der Waals surface area contributed by atoms with Crippen LogP contribution in [0.25, 0.3) is 0 Å². The van der Waals surface area contributed by atoms with E-state index < -0.39 is 11.4 Å². The zero-order chi connectivity index (χ0) is 14.5. The van der Waals surface area contributed by atoms with E-state index in [0.717, 1.165) is 6.54 Å². The second-order valence-corrected chi connectivity index (χ2v) is 6.56. The van der Waals surface area contributed by atoms with E-state index in [2.05, 4.69) is 4.99 Å². The van der Waals surface area contributed by atoms with E-state index >= 15 is 0 Å². The SMILES string of the molecule is CC1(c2cc(F)c(Cl)cc2Cl)CN=C(N)N1CC1CC1. The van der Waals surface area contributed by atoms with Gasteiger partial charge in [0, 0.05) is 17.1 Å². The molecule has 1 fully saturated rings. The van der Waals surface area contributed by atoms with Crippen LogP contribution in [0, 0.1) is 11.7 Å². The first-order valence-electron chi connectivity index (χ1n) is 6.64. The Hall–Kier alpha value is -1.00. The molecule has 2 N–H and O–H groups in total. The molecule has 0 radical (unpaired) electrons. The van der Waals surface area contributed by atoms with Gasteiger partial charge >= 0.3 is 0 Å². The summed E-state index contributed by atoms with van der Waals surface area (Å²) in [5.74, 6) is 0.687. The molecule has 1 aromatic rings. The maximum atomic E-state index is 13.8. The van der Waals surface area contributed by atoms with Crippen LogP contribution < -0.4 is 5.73 Å². The Kier molecular flexibility index (Phi) is 3.33. The fourth-order valence-corrected chi connectivity index (χ4v) is 3.26. The highest BCUT2D eigenvalue weighted by molar-refractivity contribution is 6.35. The zero-order valence-electron chi connectivity index (χ0n) is 11.2. The second-order valence-electron chi connectivity index (χ2n) is 5.75. The van der Waals surface area contributed by atoms with Crippen LogP contribution in [-0.4, -0.2) is 23.9 Å². The number of hydrogen-bond donors (Lipinski definition) is 1. The van der Waals surface area contributed by atoms with E-state index in [4.69, 9.17) is 28.9 Å². The van der Waals surface area contributed by atoms with Crippen molar-refractivity contribution in [3.63, 3.8) is 0 Å². The molecule has 1 aliphatic heterocycles. The van der Waals surface area contributed by atoms with Crippen molar-refractivity contribution in [3.8, 4) is 0 Å². The van der Waals surface area contributed by atoms with Crippen molar-refractivity contribution in [1.29, 1.82) is 0 Å². The van der Waals surface area contributed by atoms with Gasteiger partial charge in [-0.1, -0.05) is 23.2 Å². The fraction of sp³-hybridized carbons (Fsp3) is 0.500. The van der Waals surface area contributed by atoms with Gasteiger partial charge in [-0.2, -0.15) is 0 Å².